The summed E-state index contributed by atoms with van der Waals surface area (Å²) in [7, 11) is 0.754. The third kappa shape index (κ3) is 9.90. The van der Waals surface area contributed by atoms with Gasteiger partial charge in [-0.2, -0.15) is 0 Å². The van der Waals surface area contributed by atoms with Gasteiger partial charge in [0.15, 0.2) is 0 Å². The van der Waals surface area contributed by atoms with Crippen LogP contribution in [0.5, 0.6) is 5.75 Å². The molecule has 55 heavy (non-hydrogen) atoms. The molecule has 4 saturated carbocycles. The van der Waals surface area contributed by atoms with E-state index >= 15 is 0 Å². The maximum Gasteiger partial charge on any atom is 0.482 e. The Balaban J connectivity index is 1.39. The highest BCUT2D eigenvalue weighted by molar-refractivity contribution is 6.48. The van der Waals surface area contributed by atoms with Crippen molar-refractivity contribution >= 4 is 31.2 Å². The molecule has 4 aliphatic carbocycles. The molecular formula is C41H64BN3O10. The zero-order valence-electron chi connectivity index (χ0n) is 34.8. The van der Waals surface area contributed by atoms with Gasteiger partial charge in [-0.1, -0.05) is 39.3 Å². The number of methoxy groups -OCH3 is 1. The highest BCUT2D eigenvalue weighted by Gasteiger charge is 2.68. The molecule has 0 radical (unpaired) electrons. The first-order valence-corrected chi connectivity index (χ1v) is 20.1. The SMILES string of the molecule is CCCCOC(=O)c1cccc(C[C@H](NC(=O)[C@@H]2CC[C@H](NC(=O)OC(C)(C)C)[C@@H](NC(=O)OC(C)(C)C)C2)B2OC3CC4CC(C4(C)C)C3(C)O2)c1OC. The number of benzene rings is 1. The molecule has 5 fully saturated rings. The molecule has 1 saturated heterocycles. The predicted octanol–water partition coefficient (Wildman–Crippen LogP) is 6.53. The maximum absolute atomic E-state index is 14.4. The van der Waals surface area contributed by atoms with E-state index in [1.807, 2.05) is 13.0 Å². The third-order valence-electron chi connectivity index (χ3n) is 11.9. The topological polar surface area (TPSA) is 160 Å². The fourth-order valence-corrected chi connectivity index (χ4v) is 9.02. The Hall–Kier alpha value is -3.52. The molecule has 13 nitrogen and oxygen atoms in total. The Morgan fingerprint density at radius 1 is 0.927 bits per heavy atom. The zero-order chi connectivity index (χ0) is 40.5. The average molecular weight is 770 g/mol. The fourth-order valence-electron chi connectivity index (χ4n) is 9.02. The Kier molecular flexibility index (Phi) is 12.8. The van der Waals surface area contributed by atoms with Crippen molar-refractivity contribution < 1.29 is 47.4 Å². The molecule has 1 heterocycles. The Morgan fingerprint density at radius 2 is 1.58 bits per heavy atom. The monoisotopic (exact) mass is 769 g/mol. The van der Waals surface area contributed by atoms with E-state index in [4.69, 9.17) is 28.3 Å². The van der Waals surface area contributed by atoms with Crippen LogP contribution in [0.25, 0.3) is 0 Å². The van der Waals surface area contributed by atoms with Gasteiger partial charge in [-0.25, -0.2) is 14.4 Å². The normalized spacial score (nSPS) is 28.8. The first-order chi connectivity index (χ1) is 25.6. The second kappa shape index (κ2) is 16.5. The quantitative estimate of drug-likeness (QED) is 0.0923. The van der Waals surface area contributed by atoms with Crippen LogP contribution in [0.4, 0.5) is 9.59 Å². The third-order valence-corrected chi connectivity index (χ3v) is 11.9. The number of unbranched alkanes of at least 4 members (excludes halogenated alkanes) is 1. The van der Waals surface area contributed by atoms with Gasteiger partial charge >= 0.3 is 25.3 Å². The first kappa shape index (κ1) is 42.6. The van der Waals surface area contributed by atoms with Crippen LogP contribution in [-0.2, 0) is 34.7 Å². The number of ether oxygens (including phenoxy) is 4. The minimum absolute atomic E-state index is 0.118. The van der Waals surface area contributed by atoms with Crippen LogP contribution in [0, 0.1) is 23.2 Å². The van der Waals surface area contributed by atoms with Gasteiger partial charge in [-0.3, -0.25) is 4.79 Å². The average Bonchev–Trinajstić information content (AvgIpc) is 3.44. The molecule has 306 valence electrons. The molecular weight excluding hydrogens is 705 g/mol. The zero-order valence-corrected chi connectivity index (χ0v) is 34.8. The van der Waals surface area contributed by atoms with Crippen LogP contribution >= 0.6 is 0 Å². The van der Waals surface area contributed by atoms with Gasteiger partial charge in [0, 0.05) is 5.92 Å². The number of hydrogen-bond acceptors (Lipinski definition) is 10. The molecule has 1 aliphatic heterocycles. The number of carbonyl (C=O) groups is 4. The Morgan fingerprint density at radius 3 is 2.18 bits per heavy atom. The summed E-state index contributed by atoms with van der Waals surface area (Å²) in [6, 6.07) is 4.23. The smallest absolute Gasteiger partial charge is 0.482 e. The number of esters is 1. The molecule has 4 unspecified atom stereocenters. The van der Waals surface area contributed by atoms with E-state index < -0.39 is 66.0 Å². The minimum atomic E-state index is -0.764. The van der Waals surface area contributed by atoms with Gasteiger partial charge in [-0.15, -0.1) is 0 Å². The van der Waals surface area contributed by atoms with E-state index in [1.54, 1.807) is 53.7 Å². The molecule has 5 aliphatic rings. The number of alkyl carbamates (subject to hydrolysis) is 2. The second-order valence-electron chi connectivity index (χ2n) is 18.7. The van der Waals surface area contributed by atoms with Crippen LogP contribution < -0.4 is 20.7 Å². The number of rotatable bonds is 12. The largest absolute Gasteiger partial charge is 0.496 e. The molecule has 3 amide bonds. The Bertz CT molecular complexity index is 1570. The maximum atomic E-state index is 14.4. The van der Waals surface area contributed by atoms with Gasteiger partial charge in [0.1, 0.15) is 22.5 Å². The molecule has 1 aromatic carbocycles. The lowest BCUT2D eigenvalue weighted by molar-refractivity contribution is -0.199. The molecule has 6 rings (SSSR count). The summed E-state index contributed by atoms with van der Waals surface area (Å²) in [5, 5.41) is 9.10. The van der Waals surface area contributed by atoms with E-state index in [-0.39, 0.29) is 30.3 Å². The van der Waals surface area contributed by atoms with Crippen molar-refractivity contribution in [3.05, 3.63) is 29.3 Å². The van der Waals surface area contributed by atoms with Gasteiger partial charge in [0.2, 0.25) is 5.91 Å². The molecule has 8 atom stereocenters. The summed E-state index contributed by atoms with van der Waals surface area (Å²) >= 11 is 0. The molecule has 2 bridgehead atoms. The summed E-state index contributed by atoms with van der Waals surface area (Å²) in [5.74, 6) is -0.640. The van der Waals surface area contributed by atoms with Crippen LogP contribution in [0.3, 0.4) is 0 Å². The lowest BCUT2D eigenvalue weighted by Crippen LogP contribution is -2.65. The van der Waals surface area contributed by atoms with Crippen LogP contribution in [0.2, 0.25) is 0 Å². The fraction of sp³-hybridized carbons (Fsp3) is 0.756. The summed E-state index contributed by atoms with van der Waals surface area (Å²) < 4.78 is 36.0. The standard InChI is InChI=1S/C41H64BN3O10/c1-12-13-19-51-35(47)27-16-14-15-24(33(27)50-11)21-32(42-54-31-23-26-22-30(40(26,8)9)41(31,10)55-42)45-34(46)25-17-18-28(43-36(48)52-38(2,3)4)29(20-25)44-37(49)53-39(5,6)7/h14-16,25-26,28-32H,12-13,17-23H2,1-11H3,(H,43,48)(H,44,49)(H,45,46)/t25-,26?,28+,29+,30?,31?,32+,41?/m1/s1. The molecule has 1 aromatic rings. The second-order valence-corrected chi connectivity index (χ2v) is 18.7. The van der Waals surface area contributed by atoms with Crippen LogP contribution in [0.15, 0.2) is 18.2 Å². The van der Waals surface area contributed by atoms with E-state index in [2.05, 4.69) is 36.7 Å². The van der Waals surface area contributed by atoms with Gasteiger partial charge in [0.05, 0.1) is 43.4 Å². The number of hydrogen-bond donors (Lipinski definition) is 3. The highest BCUT2D eigenvalue weighted by atomic mass is 16.7. The van der Waals surface area contributed by atoms with Crippen molar-refractivity contribution in [3.8, 4) is 5.75 Å². The number of carbonyl (C=O) groups excluding carboxylic acids is 4. The molecule has 14 heteroatoms. The summed E-state index contributed by atoms with van der Waals surface area (Å²) in [6.45, 7) is 19.7. The van der Waals surface area contributed by atoms with E-state index in [0.717, 1.165) is 25.7 Å². The predicted molar refractivity (Wildman–Crippen MR) is 208 cm³/mol. The summed E-state index contributed by atoms with van der Waals surface area (Å²) in [4.78, 5) is 53.4. The molecule has 0 spiro atoms. The van der Waals surface area contributed by atoms with E-state index in [9.17, 15) is 19.2 Å². The van der Waals surface area contributed by atoms with Crippen molar-refractivity contribution in [2.24, 2.45) is 23.2 Å². The number of amides is 3. The molecule has 0 aromatic heterocycles. The van der Waals surface area contributed by atoms with Crippen molar-refractivity contribution in [2.45, 2.75) is 162 Å². The molecule has 3 N–H and O–H groups in total. The van der Waals surface area contributed by atoms with Crippen molar-refractivity contribution in [3.63, 3.8) is 0 Å². The number of para-hydroxylation sites is 1. The van der Waals surface area contributed by atoms with Gasteiger partial charge in [-0.05, 0) is 122 Å². The van der Waals surface area contributed by atoms with Crippen molar-refractivity contribution in [1.82, 2.24) is 16.0 Å². The lowest BCUT2D eigenvalue weighted by Gasteiger charge is -2.64. The first-order valence-electron chi connectivity index (χ1n) is 20.1. The lowest BCUT2D eigenvalue weighted by atomic mass is 9.43. The van der Waals surface area contributed by atoms with Crippen LogP contribution in [-0.4, -0.2) is 85.8 Å². The summed E-state index contributed by atoms with van der Waals surface area (Å²) in [6.07, 6.45) is 3.60. The van der Waals surface area contributed by atoms with Crippen molar-refractivity contribution in [2.75, 3.05) is 13.7 Å². The number of nitrogens with one attached hydrogen (secondary N) is 3. The van der Waals surface area contributed by atoms with Crippen molar-refractivity contribution in [1.29, 1.82) is 0 Å². The summed E-state index contributed by atoms with van der Waals surface area (Å²) in [5.41, 5.74) is -0.841. The highest BCUT2D eigenvalue weighted by Crippen LogP contribution is 2.65. The minimum Gasteiger partial charge on any atom is -0.496 e. The Labute approximate surface area is 327 Å². The van der Waals surface area contributed by atoms with Crippen LogP contribution in [0.1, 0.15) is 130 Å². The van der Waals surface area contributed by atoms with Gasteiger partial charge in [0.25, 0.3) is 0 Å². The van der Waals surface area contributed by atoms with Gasteiger partial charge < -0.3 is 44.2 Å². The van der Waals surface area contributed by atoms with E-state index in [0.29, 0.717) is 48.2 Å². The van der Waals surface area contributed by atoms with E-state index in [1.165, 1.54) is 7.11 Å².